The van der Waals surface area contributed by atoms with Crippen molar-refractivity contribution in [2.45, 2.75) is 31.6 Å². The summed E-state index contributed by atoms with van der Waals surface area (Å²) in [6, 6.07) is 6.81. The Morgan fingerprint density at radius 1 is 1.36 bits per heavy atom. The molecule has 0 bridgehead atoms. The van der Waals surface area contributed by atoms with E-state index < -0.39 is 0 Å². The summed E-state index contributed by atoms with van der Waals surface area (Å²) in [5.41, 5.74) is 4.15. The highest BCUT2D eigenvalue weighted by molar-refractivity contribution is 5.37. The fourth-order valence-corrected chi connectivity index (χ4v) is 1.85. The molecule has 1 saturated carbocycles. The molecule has 73 valence electrons. The molecular weight excluding hydrogens is 168 g/mol. The zero-order chi connectivity index (χ0) is 10.1. The standard InChI is InChI=1S/C14H17/c1-4-11(3)13-7-10(2)8-14(9-13)12-5-6-12/h4,7-9,11-12H,1,3,5-6H2,2H3. The van der Waals surface area contributed by atoms with Gasteiger partial charge in [-0.05, 0) is 43.7 Å². The van der Waals surface area contributed by atoms with Gasteiger partial charge in [-0.3, -0.25) is 0 Å². The smallest absolute Gasteiger partial charge is 0.00158 e. The SMILES string of the molecule is [CH2]C(C=C)c1cc(C)cc(C2CC2)c1. The first-order valence-corrected chi connectivity index (χ1v) is 5.28. The van der Waals surface area contributed by atoms with Gasteiger partial charge >= 0.3 is 0 Å². The van der Waals surface area contributed by atoms with E-state index >= 15 is 0 Å². The predicted octanol–water partition coefficient (Wildman–Crippen LogP) is 3.98. The molecule has 14 heavy (non-hydrogen) atoms. The molecule has 1 unspecified atom stereocenters. The normalized spacial score (nSPS) is 17.9. The van der Waals surface area contributed by atoms with E-state index in [0.717, 1.165) is 5.92 Å². The second-order valence-electron chi connectivity index (χ2n) is 4.29. The molecule has 0 spiro atoms. The second-order valence-corrected chi connectivity index (χ2v) is 4.29. The Morgan fingerprint density at radius 3 is 2.64 bits per heavy atom. The Morgan fingerprint density at radius 2 is 2.07 bits per heavy atom. The van der Waals surface area contributed by atoms with Gasteiger partial charge in [0.25, 0.3) is 0 Å². The second kappa shape index (κ2) is 3.61. The van der Waals surface area contributed by atoms with E-state index in [4.69, 9.17) is 0 Å². The zero-order valence-corrected chi connectivity index (χ0v) is 8.79. The van der Waals surface area contributed by atoms with E-state index in [0.29, 0.717) is 0 Å². The largest absolute Gasteiger partial charge is 0.102 e. The molecule has 1 aromatic rings. The highest BCUT2D eigenvalue weighted by Gasteiger charge is 2.24. The number of aryl methyl sites for hydroxylation is 1. The van der Waals surface area contributed by atoms with E-state index in [1.165, 1.54) is 29.5 Å². The summed E-state index contributed by atoms with van der Waals surface area (Å²) < 4.78 is 0. The molecule has 0 saturated heterocycles. The van der Waals surface area contributed by atoms with Crippen LogP contribution in [-0.4, -0.2) is 0 Å². The van der Waals surface area contributed by atoms with Crippen LogP contribution in [0.4, 0.5) is 0 Å². The van der Waals surface area contributed by atoms with E-state index in [9.17, 15) is 0 Å². The van der Waals surface area contributed by atoms with Gasteiger partial charge in [-0.25, -0.2) is 0 Å². The van der Waals surface area contributed by atoms with E-state index in [1.54, 1.807) is 0 Å². The molecular formula is C14H17. The summed E-state index contributed by atoms with van der Waals surface area (Å²) in [5, 5.41) is 0. The third-order valence-corrected chi connectivity index (χ3v) is 2.88. The van der Waals surface area contributed by atoms with Crippen LogP contribution in [0.15, 0.2) is 30.9 Å². The summed E-state index contributed by atoms with van der Waals surface area (Å²) in [6.45, 7) is 10.0. The molecule has 0 aliphatic heterocycles. The minimum atomic E-state index is 0.229. The van der Waals surface area contributed by atoms with Gasteiger partial charge in [0.05, 0.1) is 0 Å². The van der Waals surface area contributed by atoms with Crippen LogP contribution in [0, 0.1) is 13.8 Å². The van der Waals surface area contributed by atoms with Gasteiger partial charge in [-0.2, -0.15) is 0 Å². The quantitative estimate of drug-likeness (QED) is 0.625. The third-order valence-electron chi connectivity index (χ3n) is 2.88. The van der Waals surface area contributed by atoms with Crippen LogP contribution in [0.25, 0.3) is 0 Å². The Hall–Kier alpha value is -1.04. The molecule has 1 radical (unpaired) electrons. The number of rotatable bonds is 3. The molecule has 0 heteroatoms. The third kappa shape index (κ3) is 1.89. The van der Waals surface area contributed by atoms with Gasteiger partial charge in [0.15, 0.2) is 0 Å². The van der Waals surface area contributed by atoms with Crippen LogP contribution < -0.4 is 0 Å². The Kier molecular flexibility index (Phi) is 2.45. The monoisotopic (exact) mass is 185 g/mol. The Labute approximate surface area is 86.7 Å². The van der Waals surface area contributed by atoms with Crippen LogP contribution in [0.2, 0.25) is 0 Å². The molecule has 1 fully saturated rings. The van der Waals surface area contributed by atoms with E-state index in [1.807, 2.05) is 6.08 Å². The topological polar surface area (TPSA) is 0 Å². The van der Waals surface area contributed by atoms with Crippen LogP contribution in [0.3, 0.4) is 0 Å². The first-order chi connectivity index (χ1) is 6.70. The number of hydrogen-bond donors (Lipinski definition) is 0. The minimum Gasteiger partial charge on any atom is -0.102 e. The van der Waals surface area contributed by atoms with Gasteiger partial charge in [0, 0.05) is 5.92 Å². The first kappa shape index (κ1) is 9.51. The van der Waals surface area contributed by atoms with Crippen LogP contribution in [0.5, 0.6) is 0 Å². The summed E-state index contributed by atoms with van der Waals surface area (Å²) in [6.07, 6.45) is 4.63. The number of allylic oxidation sites excluding steroid dienone is 1. The lowest BCUT2D eigenvalue weighted by molar-refractivity contribution is 1.04. The molecule has 1 atom stereocenters. The van der Waals surface area contributed by atoms with Crippen molar-refractivity contribution in [3.63, 3.8) is 0 Å². The summed E-state index contributed by atoms with van der Waals surface area (Å²) in [4.78, 5) is 0. The fraction of sp³-hybridized carbons (Fsp3) is 0.357. The van der Waals surface area contributed by atoms with Gasteiger partial charge in [-0.1, -0.05) is 29.8 Å². The molecule has 0 heterocycles. The predicted molar refractivity (Wildman–Crippen MR) is 61.4 cm³/mol. The van der Waals surface area contributed by atoms with Crippen LogP contribution >= 0.6 is 0 Å². The summed E-state index contributed by atoms with van der Waals surface area (Å²) in [5.74, 6) is 1.05. The fourth-order valence-electron chi connectivity index (χ4n) is 1.85. The first-order valence-electron chi connectivity index (χ1n) is 5.28. The van der Waals surface area contributed by atoms with Crippen molar-refractivity contribution in [1.29, 1.82) is 0 Å². The molecule has 1 aromatic carbocycles. The Balaban J connectivity index is 2.35. The summed E-state index contributed by atoms with van der Waals surface area (Å²) in [7, 11) is 0. The molecule has 2 rings (SSSR count). The maximum atomic E-state index is 4.07. The van der Waals surface area contributed by atoms with Crippen molar-refractivity contribution in [2.24, 2.45) is 0 Å². The Bertz CT molecular complexity index is 345. The average Bonchev–Trinajstić information content (AvgIpc) is 2.98. The summed E-state index contributed by atoms with van der Waals surface area (Å²) >= 11 is 0. The average molecular weight is 185 g/mol. The molecule has 1 aliphatic rings. The zero-order valence-electron chi connectivity index (χ0n) is 8.79. The lowest BCUT2D eigenvalue weighted by Gasteiger charge is -2.10. The van der Waals surface area contributed by atoms with Crippen LogP contribution in [-0.2, 0) is 0 Å². The highest BCUT2D eigenvalue weighted by atomic mass is 14.3. The van der Waals surface area contributed by atoms with E-state index in [-0.39, 0.29) is 5.92 Å². The lowest BCUT2D eigenvalue weighted by Crippen LogP contribution is -1.92. The van der Waals surface area contributed by atoms with Gasteiger partial charge < -0.3 is 0 Å². The van der Waals surface area contributed by atoms with Crippen molar-refractivity contribution in [2.75, 3.05) is 0 Å². The number of hydrogen-bond acceptors (Lipinski definition) is 0. The molecule has 1 aliphatic carbocycles. The van der Waals surface area contributed by atoms with Crippen LogP contribution in [0.1, 0.15) is 41.4 Å². The minimum absolute atomic E-state index is 0.229. The maximum absolute atomic E-state index is 4.07. The van der Waals surface area contributed by atoms with Crippen molar-refractivity contribution < 1.29 is 0 Å². The van der Waals surface area contributed by atoms with Gasteiger partial charge in [-0.15, -0.1) is 6.58 Å². The molecule has 0 nitrogen and oxygen atoms in total. The molecule has 0 amide bonds. The van der Waals surface area contributed by atoms with Gasteiger partial charge in [0.2, 0.25) is 0 Å². The van der Waals surface area contributed by atoms with Crippen molar-refractivity contribution >= 4 is 0 Å². The van der Waals surface area contributed by atoms with E-state index in [2.05, 4.69) is 38.6 Å². The highest BCUT2D eigenvalue weighted by Crippen LogP contribution is 2.41. The number of benzene rings is 1. The van der Waals surface area contributed by atoms with Gasteiger partial charge in [0.1, 0.15) is 0 Å². The maximum Gasteiger partial charge on any atom is 0.00158 e. The lowest BCUT2D eigenvalue weighted by atomic mass is 9.95. The van der Waals surface area contributed by atoms with Crippen molar-refractivity contribution in [1.82, 2.24) is 0 Å². The molecule has 0 aromatic heterocycles. The van der Waals surface area contributed by atoms with Crippen molar-refractivity contribution in [3.05, 3.63) is 54.5 Å². The van der Waals surface area contributed by atoms with Crippen molar-refractivity contribution in [3.8, 4) is 0 Å². The molecule has 0 N–H and O–H groups in total.